The lowest BCUT2D eigenvalue weighted by Crippen LogP contribution is -2.02. The Labute approximate surface area is 84.7 Å². The molecule has 1 heterocycles. The van der Waals surface area contributed by atoms with Crippen molar-refractivity contribution in [3.05, 3.63) is 29.6 Å². The second-order valence-electron chi connectivity index (χ2n) is 3.21. The molecular formula is C11H17NO2. The van der Waals surface area contributed by atoms with Gasteiger partial charge in [-0.1, -0.05) is 6.07 Å². The molecule has 0 unspecified atom stereocenters. The van der Waals surface area contributed by atoms with E-state index >= 15 is 0 Å². The first-order chi connectivity index (χ1) is 6.83. The van der Waals surface area contributed by atoms with Crippen LogP contribution in [0.3, 0.4) is 0 Å². The van der Waals surface area contributed by atoms with E-state index in [1.54, 1.807) is 0 Å². The van der Waals surface area contributed by atoms with E-state index in [4.69, 9.17) is 9.84 Å². The number of pyridine rings is 1. The normalized spacial score (nSPS) is 10.4. The number of aryl methyl sites for hydroxylation is 2. The molecule has 0 bridgehead atoms. The summed E-state index contributed by atoms with van der Waals surface area (Å²) in [4.78, 5) is 4.39. The smallest absolute Gasteiger partial charge is 0.0697 e. The number of aliphatic hydroxyl groups is 1. The summed E-state index contributed by atoms with van der Waals surface area (Å²) >= 11 is 0. The molecule has 0 radical (unpaired) electrons. The van der Waals surface area contributed by atoms with Crippen LogP contribution in [0.15, 0.2) is 18.2 Å². The van der Waals surface area contributed by atoms with Crippen LogP contribution in [0.4, 0.5) is 0 Å². The zero-order valence-corrected chi connectivity index (χ0v) is 8.57. The summed E-state index contributed by atoms with van der Waals surface area (Å²) in [5.74, 6) is 0. The minimum absolute atomic E-state index is 0.0999. The fraction of sp³-hybridized carbons (Fsp3) is 0.545. The van der Waals surface area contributed by atoms with Crippen molar-refractivity contribution in [1.29, 1.82) is 0 Å². The number of hydrogen-bond acceptors (Lipinski definition) is 3. The summed E-state index contributed by atoms with van der Waals surface area (Å²) < 4.78 is 5.16. The number of rotatable bonds is 6. The van der Waals surface area contributed by atoms with E-state index in [-0.39, 0.29) is 6.61 Å². The topological polar surface area (TPSA) is 42.4 Å². The summed E-state index contributed by atoms with van der Waals surface area (Å²) in [6, 6.07) is 6.04. The van der Waals surface area contributed by atoms with Crippen LogP contribution in [0.1, 0.15) is 17.8 Å². The van der Waals surface area contributed by atoms with Gasteiger partial charge in [-0.3, -0.25) is 4.98 Å². The molecule has 1 N–H and O–H groups in total. The van der Waals surface area contributed by atoms with Crippen molar-refractivity contribution in [2.45, 2.75) is 19.8 Å². The highest BCUT2D eigenvalue weighted by Crippen LogP contribution is 2.01. The molecule has 0 spiro atoms. The monoisotopic (exact) mass is 195 g/mol. The molecule has 0 aliphatic carbocycles. The highest BCUT2D eigenvalue weighted by molar-refractivity contribution is 5.09. The lowest BCUT2D eigenvalue weighted by molar-refractivity contribution is 0.0908. The van der Waals surface area contributed by atoms with Crippen molar-refractivity contribution in [2.75, 3.05) is 19.8 Å². The number of aromatic nitrogens is 1. The molecule has 0 aliphatic heterocycles. The van der Waals surface area contributed by atoms with Gasteiger partial charge in [0.25, 0.3) is 0 Å². The highest BCUT2D eigenvalue weighted by atomic mass is 16.5. The minimum atomic E-state index is 0.0999. The van der Waals surface area contributed by atoms with Crippen molar-refractivity contribution in [2.24, 2.45) is 0 Å². The molecule has 3 heteroatoms. The quantitative estimate of drug-likeness (QED) is 0.696. The zero-order valence-electron chi connectivity index (χ0n) is 8.57. The third-order valence-electron chi connectivity index (χ3n) is 1.90. The van der Waals surface area contributed by atoms with E-state index in [0.717, 1.165) is 24.2 Å². The molecular weight excluding hydrogens is 178 g/mol. The minimum Gasteiger partial charge on any atom is -0.394 e. The Balaban J connectivity index is 2.18. The second-order valence-corrected chi connectivity index (χ2v) is 3.21. The van der Waals surface area contributed by atoms with Crippen molar-refractivity contribution >= 4 is 0 Å². The van der Waals surface area contributed by atoms with Gasteiger partial charge in [0.15, 0.2) is 0 Å². The van der Waals surface area contributed by atoms with Gasteiger partial charge in [-0.15, -0.1) is 0 Å². The summed E-state index contributed by atoms with van der Waals surface area (Å²) in [6.07, 6.45) is 1.89. The average Bonchev–Trinajstić information content (AvgIpc) is 2.18. The Hall–Kier alpha value is -0.930. The Kier molecular flexibility index (Phi) is 5.19. The molecule has 0 fully saturated rings. The van der Waals surface area contributed by atoms with E-state index < -0.39 is 0 Å². The molecule has 1 aromatic rings. The fourth-order valence-corrected chi connectivity index (χ4v) is 1.26. The van der Waals surface area contributed by atoms with Gasteiger partial charge in [-0.25, -0.2) is 0 Å². The van der Waals surface area contributed by atoms with E-state index in [1.165, 1.54) is 0 Å². The van der Waals surface area contributed by atoms with Crippen LogP contribution in [0.25, 0.3) is 0 Å². The van der Waals surface area contributed by atoms with Crippen molar-refractivity contribution in [1.82, 2.24) is 4.98 Å². The van der Waals surface area contributed by atoms with Gasteiger partial charge in [-0.05, 0) is 31.9 Å². The number of aliphatic hydroxyl groups excluding tert-OH is 1. The molecule has 0 aromatic carbocycles. The second kappa shape index (κ2) is 6.51. The van der Waals surface area contributed by atoms with Crippen LogP contribution >= 0.6 is 0 Å². The van der Waals surface area contributed by atoms with E-state index in [1.807, 2.05) is 25.1 Å². The first-order valence-electron chi connectivity index (χ1n) is 4.94. The van der Waals surface area contributed by atoms with Crippen LogP contribution in [-0.4, -0.2) is 29.9 Å². The van der Waals surface area contributed by atoms with Crippen LogP contribution < -0.4 is 0 Å². The standard InChI is InChI=1S/C11H17NO2/c1-10-4-2-5-11(12-10)6-3-8-14-9-7-13/h2,4-5,13H,3,6-9H2,1H3. The van der Waals surface area contributed by atoms with Crippen molar-refractivity contribution in [3.63, 3.8) is 0 Å². The number of ether oxygens (including phenoxy) is 1. The molecule has 0 saturated carbocycles. The molecule has 78 valence electrons. The fourth-order valence-electron chi connectivity index (χ4n) is 1.26. The van der Waals surface area contributed by atoms with Gasteiger partial charge in [-0.2, -0.15) is 0 Å². The SMILES string of the molecule is Cc1cccc(CCCOCCO)n1. The Bertz CT molecular complexity index is 263. The predicted molar refractivity (Wildman–Crippen MR) is 55.2 cm³/mol. The van der Waals surface area contributed by atoms with Gasteiger partial charge in [0, 0.05) is 18.0 Å². The molecule has 0 aliphatic rings. The number of hydrogen-bond donors (Lipinski definition) is 1. The third kappa shape index (κ3) is 4.35. The van der Waals surface area contributed by atoms with E-state index in [9.17, 15) is 0 Å². The average molecular weight is 195 g/mol. The van der Waals surface area contributed by atoms with Crippen LogP contribution in [0.2, 0.25) is 0 Å². The molecule has 0 atom stereocenters. The van der Waals surface area contributed by atoms with Gasteiger partial charge in [0.2, 0.25) is 0 Å². The maximum absolute atomic E-state index is 8.48. The first kappa shape index (κ1) is 11.1. The van der Waals surface area contributed by atoms with Crippen molar-refractivity contribution < 1.29 is 9.84 Å². The summed E-state index contributed by atoms with van der Waals surface area (Å²) in [7, 11) is 0. The van der Waals surface area contributed by atoms with Crippen LogP contribution in [-0.2, 0) is 11.2 Å². The van der Waals surface area contributed by atoms with Gasteiger partial charge < -0.3 is 9.84 Å². The van der Waals surface area contributed by atoms with Gasteiger partial charge in [0.1, 0.15) is 0 Å². The summed E-state index contributed by atoms with van der Waals surface area (Å²) in [5.41, 5.74) is 2.16. The highest BCUT2D eigenvalue weighted by Gasteiger charge is 1.95. The van der Waals surface area contributed by atoms with Gasteiger partial charge >= 0.3 is 0 Å². The molecule has 1 aromatic heterocycles. The molecule has 14 heavy (non-hydrogen) atoms. The maximum atomic E-state index is 8.48. The number of nitrogens with zero attached hydrogens (tertiary/aromatic N) is 1. The summed E-state index contributed by atoms with van der Waals surface area (Å²) in [5, 5.41) is 8.48. The van der Waals surface area contributed by atoms with E-state index in [0.29, 0.717) is 13.2 Å². The maximum Gasteiger partial charge on any atom is 0.0697 e. The summed E-state index contributed by atoms with van der Waals surface area (Å²) in [6.45, 7) is 3.21. The van der Waals surface area contributed by atoms with Crippen molar-refractivity contribution in [3.8, 4) is 0 Å². The molecule has 1 rings (SSSR count). The Morgan fingerprint density at radius 1 is 1.36 bits per heavy atom. The molecule has 3 nitrogen and oxygen atoms in total. The lowest BCUT2D eigenvalue weighted by Gasteiger charge is -2.02. The lowest BCUT2D eigenvalue weighted by atomic mass is 10.2. The zero-order chi connectivity index (χ0) is 10.2. The third-order valence-corrected chi connectivity index (χ3v) is 1.90. The first-order valence-corrected chi connectivity index (χ1v) is 4.94. The molecule has 0 saturated heterocycles. The van der Waals surface area contributed by atoms with E-state index in [2.05, 4.69) is 4.98 Å². The predicted octanol–water partition coefficient (Wildman–Crippen LogP) is 1.33. The van der Waals surface area contributed by atoms with Crippen LogP contribution in [0.5, 0.6) is 0 Å². The molecule has 0 amide bonds. The largest absolute Gasteiger partial charge is 0.394 e. The van der Waals surface area contributed by atoms with Gasteiger partial charge in [0.05, 0.1) is 13.2 Å². The Morgan fingerprint density at radius 3 is 2.93 bits per heavy atom. The Morgan fingerprint density at radius 2 is 2.21 bits per heavy atom. The van der Waals surface area contributed by atoms with Crippen LogP contribution in [0, 0.1) is 6.92 Å².